The molecule has 4 heteroatoms. The van der Waals surface area contributed by atoms with Crippen LogP contribution in [0.15, 0.2) is 24.3 Å². The molecule has 1 atom stereocenters. The molecule has 0 aliphatic carbocycles. The van der Waals surface area contributed by atoms with Crippen LogP contribution in [0.1, 0.15) is 31.2 Å². The van der Waals surface area contributed by atoms with E-state index in [1.807, 2.05) is 23.9 Å². The molecule has 1 fully saturated rings. The van der Waals surface area contributed by atoms with Crippen molar-refractivity contribution in [1.29, 1.82) is 0 Å². The van der Waals surface area contributed by atoms with Gasteiger partial charge in [0.25, 0.3) is 0 Å². The molecule has 0 spiro atoms. The minimum Gasteiger partial charge on any atom is -0.381 e. The van der Waals surface area contributed by atoms with Gasteiger partial charge in [-0.15, -0.1) is 0 Å². The molecular formula is C16H24FNOS. The van der Waals surface area contributed by atoms with Crippen LogP contribution >= 0.6 is 11.8 Å². The minimum atomic E-state index is -0.169. The second-order valence-electron chi connectivity index (χ2n) is 5.58. The first-order chi connectivity index (χ1) is 9.65. The smallest absolute Gasteiger partial charge is 0.123 e. The highest BCUT2D eigenvalue weighted by molar-refractivity contribution is 8.00. The van der Waals surface area contributed by atoms with Crippen LogP contribution in [-0.4, -0.2) is 37.3 Å². The van der Waals surface area contributed by atoms with Crippen molar-refractivity contribution in [3.8, 4) is 0 Å². The summed E-state index contributed by atoms with van der Waals surface area (Å²) in [4.78, 5) is 0. The van der Waals surface area contributed by atoms with E-state index < -0.39 is 0 Å². The van der Waals surface area contributed by atoms with Crippen molar-refractivity contribution in [2.24, 2.45) is 0 Å². The van der Waals surface area contributed by atoms with E-state index in [1.165, 1.54) is 17.7 Å². The molecule has 1 heterocycles. The van der Waals surface area contributed by atoms with E-state index in [0.29, 0.717) is 10.7 Å². The Labute approximate surface area is 125 Å². The van der Waals surface area contributed by atoms with Crippen LogP contribution in [-0.2, 0) is 4.74 Å². The van der Waals surface area contributed by atoms with Crippen molar-refractivity contribution < 1.29 is 9.13 Å². The molecule has 112 valence electrons. The van der Waals surface area contributed by atoms with E-state index in [0.717, 1.165) is 39.1 Å². The van der Waals surface area contributed by atoms with Gasteiger partial charge in [0.2, 0.25) is 0 Å². The van der Waals surface area contributed by atoms with Crippen molar-refractivity contribution >= 4 is 11.8 Å². The first-order valence-electron chi connectivity index (χ1n) is 7.24. The van der Waals surface area contributed by atoms with Gasteiger partial charge >= 0.3 is 0 Å². The second kappa shape index (κ2) is 7.43. The minimum absolute atomic E-state index is 0.169. The fraction of sp³-hybridized carbons (Fsp3) is 0.625. The number of thioether (sulfide) groups is 1. The van der Waals surface area contributed by atoms with Crippen LogP contribution in [0.25, 0.3) is 0 Å². The zero-order chi connectivity index (χ0) is 14.4. The lowest BCUT2D eigenvalue weighted by molar-refractivity contribution is 0.0772. The lowest BCUT2D eigenvalue weighted by atomic mass is 9.97. The topological polar surface area (TPSA) is 21.3 Å². The van der Waals surface area contributed by atoms with Crippen LogP contribution in [0.2, 0.25) is 0 Å². The fourth-order valence-corrected chi connectivity index (χ4v) is 3.44. The largest absolute Gasteiger partial charge is 0.381 e. The normalized spacial score (nSPS) is 19.8. The standard InChI is InChI=1S/C16H24FNOS/c1-13(14-3-5-15(17)6-4-14)11-18-12-16(20-2)7-9-19-10-8-16/h3-6,13,18H,7-12H2,1-2H3/t13-/m1/s1. The summed E-state index contributed by atoms with van der Waals surface area (Å²) in [6.07, 6.45) is 4.43. The van der Waals surface area contributed by atoms with E-state index >= 15 is 0 Å². The Kier molecular flexibility index (Phi) is 5.87. The zero-order valence-electron chi connectivity index (χ0n) is 12.3. The zero-order valence-corrected chi connectivity index (χ0v) is 13.1. The Balaban J connectivity index is 1.81. The maximum absolute atomic E-state index is 12.9. The van der Waals surface area contributed by atoms with Gasteiger partial charge in [-0.25, -0.2) is 4.39 Å². The van der Waals surface area contributed by atoms with E-state index in [9.17, 15) is 4.39 Å². The number of rotatable bonds is 6. The SMILES string of the molecule is CSC1(CNC[C@@H](C)c2ccc(F)cc2)CCOCC1. The number of ether oxygens (including phenoxy) is 1. The van der Waals surface area contributed by atoms with Crippen LogP contribution in [0.5, 0.6) is 0 Å². The van der Waals surface area contributed by atoms with Gasteiger partial charge in [0.15, 0.2) is 0 Å². The molecule has 20 heavy (non-hydrogen) atoms. The van der Waals surface area contributed by atoms with E-state index in [4.69, 9.17) is 4.74 Å². The monoisotopic (exact) mass is 297 g/mol. The first kappa shape index (κ1) is 15.8. The van der Waals surface area contributed by atoms with E-state index in [2.05, 4.69) is 18.5 Å². The Morgan fingerprint density at radius 2 is 1.95 bits per heavy atom. The van der Waals surface area contributed by atoms with Crippen molar-refractivity contribution in [2.45, 2.75) is 30.4 Å². The number of nitrogens with one attached hydrogen (secondary N) is 1. The summed E-state index contributed by atoms with van der Waals surface area (Å²) in [5, 5.41) is 3.59. The summed E-state index contributed by atoms with van der Waals surface area (Å²) < 4.78 is 18.7. The molecule has 0 amide bonds. The Morgan fingerprint density at radius 3 is 2.55 bits per heavy atom. The second-order valence-corrected chi connectivity index (χ2v) is 6.86. The fourth-order valence-electron chi connectivity index (χ4n) is 2.62. The maximum atomic E-state index is 12.9. The van der Waals surface area contributed by atoms with Crippen LogP contribution in [0.3, 0.4) is 0 Å². The molecule has 2 rings (SSSR count). The van der Waals surface area contributed by atoms with Crippen LogP contribution in [0.4, 0.5) is 4.39 Å². The molecule has 1 aliphatic rings. The number of hydrogen-bond donors (Lipinski definition) is 1. The third-order valence-corrected chi connectivity index (χ3v) is 5.59. The summed E-state index contributed by atoms with van der Waals surface area (Å²) >= 11 is 1.95. The predicted molar refractivity (Wildman–Crippen MR) is 84.0 cm³/mol. The van der Waals surface area contributed by atoms with E-state index in [1.54, 1.807) is 0 Å². The molecule has 0 bridgehead atoms. The van der Waals surface area contributed by atoms with Gasteiger partial charge in [0, 0.05) is 31.1 Å². The van der Waals surface area contributed by atoms with Crippen LogP contribution < -0.4 is 5.32 Å². The van der Waals surface area contributed by atoms with Crippen molar-refractivity contribution in [3.05, 3.63) is 35.6 Å². The Morgan fingerprint density at radius 1 is 1.30 bits per heavy atom. The van der Waals surface area contributed by atoms with E-state index in [-0.39, 0.29) is 5.82 Å². The van der Waals surface area contributed by atoms with Gasteiger partial charge in [0.05, 0.1) is 0 Å². The van der Waals surface area contributed by atoms with Crippen molar-refractivity contribution in [2.75, 3.05) is 32.6 Å². The summed E-state index contributed by atoms with van der Waals surface area (Å²) in [6.45, 7) is 5.86. The molecule has 1 aliphatic heterocycles. The maximum Gasteiger partial charge on any atom is 0.123 e. The van der Waals surface area contributed by atoms with Gasteiger partial charge < -0.3 is 10.1 Å². The average Bonchev–Trinajstić information content (AvgIpc) is 2.49. The summed E-state index contributed by atoms with van der Waals surface area (Å²) in [7, 11) is 0. The molecule has 0 radical (unpaired) electrons. The Hall–Kier alpha value is -0.580. The average molecular weight is 297 g/mol. The molecular weight excluding hydrogens is 273 g/mol. The van der Waals surface area contributed by atoms with Crippen molar-refractivity contribution in [3.63, 3.8) is 0 Å². The third-order valence-electron chi connectivity index (χ3n) is 4.17. The number of hydrogen-bond acceptors (Lipinski definition) is 3. The summed E-state index contributed by atoms with van der Waals surface area (Å²) in [5.74, 6) is 0.229. The molecule has 0 saturated carbocycles. The van der Waals surface area contributed by atoms with Crippen molar-refractivity contribution in [1.82, 2.24) is 5.32 Å². The van der Waals surface area contributed by atoms with Gasteiger partial charge in [-0.3, -0.25) is 0 Å². The molecule has 1 saturated heterocycles. The molecule has 0 aromatic heterocycles. The third kappa shape index (κ3) is 4.21. The number of halogens is 1. The summed E-state index contributed by atoms with van der Waals surface area (Å²) in [5.41, 5.74) is 1.18. The lowest BCUT2D eigenvalue weighted by Crippen LogP contribution is -2.43. The Bertz CT molecular complexity index is 403. The highest BCUT2D eigenvalue weighted by Crippen LogP contribution is 2.33. The molecule has 1 aromatic carbocycles. The lowest BCUT2D eigenvalue weighted by Gasteiger charge is -2.36. The highest BCUT2D eigenvalue weighted by atomic mass is 32.2. The van der Waals surface area contributed by atoms with Gasteiger partial charge in [-0.05, 0) is 42.7 Å². The number of benzene rings is 1. The highest BCUT2D eigenvalue weighted by Gasteiger charge is 2.31. The predicted octanol–water partition coefficient (Wildman–Crippen LogP) is 3.43. The van der Waals surface area contributed by atoms with Gasteiger partial charge in [-0.2, -0.15) is 11.8 Å². The molecule has 0 unspecified atom stereocenters. The molecule has 2 nitrogen and oxygen atoms in total. The molecule has 1 aromatic rings. The summed E-state index contributed by atoms with van der Waals surface area (Å²) in [6, 6.07) is 6.82. The first-order valence-corrected chi connectivity index (χ1v) is 8.47. The molecule has 1 N–H and O–H groups in total. The van der Waals surface area contributed by atoms with Gasteiger partial charge in [-0.1, -0.05) is 19.1 Å². The van der Waals surface area contributed by atoms with Crippen LogP contribution in [0, 0.1) is 5.82 Å². The quantitative estimate of drug-likeness (QED) is 0.869. The van der Waals surface area contributed by atoms with Gasteiger partial charge in [0.1, 0.15) is 5.82 Å².